The van der Waals surface area contributed by atoms with Gasteiger partial charge in [0, 0.05) is 10.7 Å². The monoisotopic (exact) mass is 287 g/mol. The zero-order valence-electron chi connectivity index (χ0n) is 7.15. The van der Waals surface area contributed by atoms with Gasteiger partial charge in [-0.3, -0.25) is 9.78 Å². The van der Waals surface area contributed by atoms with Gasteiger partial charge in [-0.1, -0.05) is 5.16 Å². The van der Waals surface area contributed by atoms with Crippen molar-refractivity contribution in [3.63, 3.8) is 0 Å². The van der Waals surface area contributed by atoms with Crippen LogP contribution in [0.1, 0.15) is 10.7 Å². The highest BCUT2D eigenvalue weighted by atomic mass is 79.9. The predicted molar refractivity (Wildman–Crippen MR) is 55.4 cm³/mol. The molecule has 0 saturated carbocycles. The van der Waals surface area contributed by atoms with Crippen molar-refractivity contribution in [3.05, 3.63) is 28.7 Å². The van der Waals surface area contributed by atoms with Crippen molar-refractivity contribution in [1.29, 1.82) is 0 Å². The van der Waals surface area contributed by atoms with Gasteiger partial charge in [0.25, 0.3) is 0 Å². The minimum absolute atomic E-state index is 0.228. The Kier molecular flexibility index (Phi) is 2.79. The summed E-state index contributed by atoms with van der Waals surface area (Å²) in [6.07, 6.45) is 1.59. The van der Waals surface area contributed by atoms with Crippen LogP contribution in [0.4, 0.5) is 0 Å². The van der Waals surface area contributed by atoms with Gasteiger partial charge in [0.15, 0.2) is 0 Å². The minimum Gasteiger partial charge on any atom is -0.329 e. The van der Waals surface area contributed by atoms with Crippen molar-refractivity contribution >= 4 is 32.8 Å². The molecule has 2 aromatic rings. The van der Waals surface area contributed by atoms with E-state index in [1.165, 1.54) is 0 Å². The largest absolute Gasteiger partial charge is 0.329 e. The summed E-state index contributed by atoms with van der Waals surface area (Å²) in [6.45, 7) is 0. The fraction of sp³-hybridized carbons (Fsp3) is 0. The maximum Gasteiger partial charge on any atom is 0.310 e. The highest BCUT2D eigenvalue weighted by Crippen LogP contribution is 2.16. The zero-order chi connectivity index (χ0) is 10.8. The van der Waals surface area contributed by atoms with Crippen molar-refractivity contribution in [2.75, 3.05) is 0 Å². The average molecular weight is 288 g/mol. The summed E-state index contributed by atoms with van der Waals surface area (Å²) >= 11 is 8.41. The number of carbonyl (C=O) groups is 1. The molecule has 7 heteroatoms. The fourth-order valence-corrected chi connectivity index (χ4v) is 1.23. The second-order valence-electron chi connectivity index (χ2n) is 2.56. The molecule has 76 valence electrons. The molecule has 2 rings (SSSR count). The molecule has 0 aromatic carbocycles. The Morgan fingerprint density at radius 3 is 2.80 bits per heavy atom. The van der Waals surface area contributed by atoms with Gasteiger partial charge in [0.05, 0.1) is 0 Å². The molecule has 0 N–H and O–H groups in total. The standard InChI is InChI=1S/C8H3BrClN3O2/c9-4-1-2-5(11-3-4)7-12-8(6(10)14)15-13-7/h1-3H. The number of aromatic nitrogens is 3. The van der Waals surface area contributed by atoms with Crippen molar-refractivity contribution in [3.8, 4) is 11.5 Å². The molecule has 0 spiro atoms. The number of hydrogen-bond donors (Lipinski definition) is 0. The van der Waals surface area contributed by atoms with E-state index in [4.69, 9.17) is 11.6 Å². The van der Waals surface area contributed by atoms with Crippen molar-refractivity contribution in [1.82, 2.24) is 15.1 Å². The highest BCUT2D eigenvalue weighted by Gasteiger charge is 2.14. The van der Waals surface area contributed by atoms with E-state index < -0.39 is 5.24 Å². The number of carbonyl (C=O) groups excluding carboxylic acids is 1. The second-order valence-corrected chi connectivity index (χ2v) is 3.82. The van der Waals surface area contributed by atoms with E-state index in [0.29, 0.717) is 5.69 Å². The fourth-order valence-electron chi connectivity index (χ4n) is 0.915. The number of rotatable bonds is 2. The van der Waals surface area contributed by atoms with E-state index in [0.717, 1.165) is 4.47 Å². The first-order chi connectivity index (χ1) is 7.16. The van der Waals surface area contributed by atoms with Crippen LogP contribution < -0.4 is 0 Å². The molecule has 0 fully saturated rings. The molecule has 2 aromatic heterocycles. The van der Waals surface area contributed by atoms with Crippen LogP contribution in [0.15, 0.2) is 27.3 Å². The molecule has 0 aliphatic heterocycles. The SMILES string of the molecule is O=C(Cl)c1nc(-c2ccc(Br)cn2)no1. The Balaban J connectivity index is 2.37. The van der Waals surface area contributed by atoms with Gasteiger partial charge >= 0.3 is 11.1 Å². The molecule has 0 aliphatic carbocycles. The van der Waals surface area contributed by atoms with E-state index in [-0.39, 0.29) is 11.7 Å². The van der Waals surface area contributed by atoms with Gasteiger partial charge in [-0.05, 0) is 39.7 Å². The Hall–Kier alpha value is -1.27. The first-order valence-electron chi connectivity index (χ1n) is 3.82. The summed E-state index contributed by atoms with van der Waals surface area (Å²) in [4.78, 5) is 18.5. The summed E-state index contributed by atoms with van der Waals surface area (Å²) in [5.74, 6) is -0.0112. The predicted octanol–water partition coefficient (Wildman–Crippen LogP) is 2.27. The Labute approximate surface area is 97.6 Å². The van der Waals surface area contributed by atoms with Crippen molar-refractivity contribution < 1.29 is 9.32 Å². The van der Waals surface area contributed by atoms with E-state index in [2.05, 4.69) is 35.6 Å². The molecule has 0 bridgehead atoms. The third-order valence-electron chi connectivity index (χ3n) is 1.55. The number of halogens is 2. The quantitative estimate of drug-likeness (QED) is 0.793. The summed E-state index contributed by atoms with van der Waals surface area (Å²) in [5.41, 5.74) is 0.506. The van der Waals surface area contributed by atoms with E-state index in [1.54, 1.807) is 18.3 Å². The van der Waals surface area contributed by atoms with Crippen LogP contribution in [-0.4, -0.2) is 20.4 Å². The van der Waals surface area contributed by atoms with Crippen LogP contribution in [0.2, 0.25) is 0 Å². The lowest BCUT2D eigenvalue weighted by molar-refractivity contribution is 0.104. The normalized spacial score (nSPS) is 10.3. The minimum atomic E-state index is -0.786. The molecule has 2 heterocycles. The average Bonchev–Trinajstić information content (AvgIpc) is 2.68. The zero-order valence-corrected chi connectivity index (χ0v) is 9.49. The topological polar surface area (TPSA) is 68.9 Å². The van der Waals surface area contributed by atoms with Crippen LogP contribution >= 0.6 is 27.5 Å². The molecule has 5 nitrogen and oxygen atoms in total. The van der Waals surface area contributed by atoms with Gasteiger partial charge in [-0.25, -0.2) is 0 Å². The molecular formula is C8H3BrClN3O2. The van der Waals surface area contributed by atoms with Crippen LogP contribution in [0.25, 0.3) is 11.5 Å². The Morgan fingerprint density at radius 2 is 2.27 bits per heavy atom. The second kappa shape index (κ2) is 4.08. The van der Waals surface area contributed by atoms with Crippen molar-refractivity contribution in [2.24, 2.45) is 0 Å². The first kappa shape index (κ1) is 10.3. The number of hydrogen-bond acceptors (Lipinski definition) is 5. The lowest BCUT2D eigenvalue weighted by Gasteiger charge is -1.92. The maximum absolute atomic E-state index is 10.7. The van der Waals surface area contributed by atoms with Crippen LogP contribution in [0.5, 0.6) is 0 Å². The summed E-state index contributed by atoms with van der Waals surface area (Å²) in [5, 5.41) is 2.78. The van der Waals surface area contributed by atoms with E-state index in [1.807, 2.05) is 0 Å². The molecule has 0 aliphatic rings. The van der Waals surface area contributed by atoms with Crippen LogP contribution in [0, 0.1) is 0 Å². The third-order valence-corrected chi connectivity index (χ3v) is 2.18. The lowest BCUT2D eigenvalue weighted by atomic mass is 10.3. The van der Waals surface area contributed by atoms with Gasteiger partial charge in [-0.2, -0.15) is 4.98 Å². The summed E-state index contributed by atoms with van der Waals surface area (Å²) in [6, 6.07) is 3.47. The first-order valence-corrected chi connectivity index (χ1v) is 4.99. The Morgan fingerprint density at radius 1 is 1.47 bits per heavy atom. The lowest BCUT2D eigenvalue weighted by Crippen LogP contribution is -1.89. The third kappa shape index (κ3) is 2.21. The summed E-state index contributed by atoms with van der Waals surface area (Å²) < 4.78 is 5.45. The summed E-state index contributed by atoms with van der Waals surface area (Å²) in [7, 11) is 0. The number of nitrogens with zero attached hydrogens (tertiary/aromatic N) is 3. The molecule has 0 radical (unpaired) electrons. The van der Waals surface area contributed by atoms with Gasteiger partial charge < -0.3 is 4.52 Å². The maximum atomic E-state index is 10.7. The molecule has 0 amide bonds. The molecule has 15 heavy (non-hydrogen) atoms. The van der Waals surface area contributed by atoms with E-state index in [9.17, 15) is 4.79 Å². The van der Waals surface area contributed by atoms with E-state index >= 15 is 0 Å². The van der Waals surface area contributed by atoms with Gasteiger partial charge in [0.1, 0.15) is 5.69 Å². The van der Waals surface area contributed by atoms with Crippen LogP contribution in [-0.2, 0) is 0 Å². The van der Waals surface area contributed by atoms with Gasteiger partial charge in [0.2, 0.25) is 5.82 Å². The molecule has 0 atom stereocenters. The molecular weight excluding hydrogens is 285 g/mol. The molecule has 0 unspecified atom stereocenters. The molecule has 0 saturated heterocycles. The Bertz CT molecular complexity index is 497. The smallest absolute Gasteiger partial charge is 0.310 e. The van der Waals surface area contributed by atoms with Crippen LogP contribution in [0.3, 0.4) is 0 Å². The highest BCUT2D eigenvalue weighted by molar-refractivity contribution is 9.10. The van der Waals surface area contributed by atoms with Gasteiger partial charge in [-0.15, -0.1) is 0 Å². The number of pyridine rings is 1. The van der Waals surface area contributed by atoms with Crippen molar-refractivity contribution in [2.45, 2.75) is 0 Å².